The molecule has 74 valence electrons. The molecule has 0 aromatic carbocycles. The van der Waals surface area contributed by atoms with E-state index in [2.05, 4.69) is 0 Å². The van der Waals surface area contributed by atoms with Crippen molar-refractivity contribution in [1.29, 1.82) is 0 Å². The molecule has 0 saturated carbocycles. The predicted octanol–water partition coefficient (Wildman–Crippen LogP) is -0.893. The van der Waals surface area contributed by atoms with Gasteiger partial charge in [0.25, 0.3) is 10.2 Å². The van der Waals surface area contributed by atoms with E-state index in [1.807, 2.05) is 13.8 Å². The van der Waals surface area contributed by atoms with Gasteiger partial charge in [0.15, 0.2) is 0 Å². The monoisotopic (exact) mass is 195 g/mol. The van der Waals surface area contributed by atoms with Crippen molar-refractivity contribution in [2.45, 2.75) is 13.8 Å². The van der Waals surface area contributed by atoms with Gasteiger partial charge in [0.1, 0.15) is 0 Å². The molecule has 12 heavy (non-hydrogen) atoms. The maximum Gasteiger partial charge on any atom is 0.276 e. The zero-order valence-corrected chi connectivity index (χ0v) is 8.56. The smallest absolute Gasteiger partial charge is 0.276 e. The second-order valence-electron chi connectivity index (χ2n) is 3.67. The van der Waals surface area contributed by atoms with Crippen LogP contribution in [0.5, 0.6) is 0 Å². The van der Waals surface area contributed by atoms with Crippen molar-refractivity contribution in [3.8, 4) is 0 Å². The van der Waals surface area contributed by atoms with Gasteiger partial charge in [-0.1, -0.05) is 13.8 Å². The summed E-state index contributed by atoms with van der Waals surface area (Å²) in [6, 6.07) is 0. The zero-order valence-electron chi connectivity index (χ0n) is 7.74. The van der Waals surface area contributed by atoms with E-state index in [1.165, 1.54) is 7.05 Å². The number of hydrogen-bond acceptors (Lipinski definition) is 3. The number of nitrogens with zero attached hydrogens (tertiary/aromatic N) is 1. The van der Waals surface area contributed by atoms with Crippen molar-refractivity contribution in [1.82, 2.24) is 4.31 Å². The molecule has 0 rings (SSSR count). The van der Waals surface area contributed by atoms with Crippen LogP contribution >= 0.6 is 0 Å². The van der Waals surface area contributed by atoms with Gasteiger partial charge in [0, 0.05) is 13.6 Å². The topological polar surface area (TPSA) is 89.4 Å². The molecule has 0 unspecified atom stereocenters. The Morgan fingerprint density at radius 2 is 1.83 bits per heavy atom. The molecule has 0 fully saturated rings. The van der Waals surface area contributed by atoms with E-state index in [1.54, 1.807) is 0 Å². The summed E-state index contributed by atoms with van der Waals surface area (Å²) >= 11 is 0. The molecule has 0 spiro atoms. The van der Waals surface area contributed by atoms with E-state index in [0.29, 0.717) is 13.1 Å². The molecule has 0 heterocycles. The first-order chi connectivity index (χ1) is 5.19. The normalized spacial score (nSPS) is 13.8. The van der Waals surface area contributed by atoms with E-state index in [4.69, 9.17) is 10.9 Å². The van der Waals surface area contributed by atoms with Gasteiger partial charge in [-0.3, -0.25) is 0 Å². The first kappa shape index (κ1) is 11.8. The van der Waals surface area contributed by atoms with Crippen LogP contribution in [0, 0.1) is 5.41 Å². The lowest BCUT2D eigenvalue weighted by molar-refractivity contribution is 0.292. The second kappa shape index (κ2) is 3.69. The van der Waals surface area contributed by atoms with Gasteiger partial charge in [-0.15, -0.1) is 0 Å². The van der Waals surface area contributed by atoms with Crippen molar-refractivity contribution in [2.75, 3.05) is 20.1 Å². The third-order valence-electron chi connectivity index (χ3n) is 1.64. The number of nitrogens with two attached hydrogens (primary N) is 2. The summed E-state index contributed by atoms with van der Waals surface area (Å²) in [6.45, 7) is 4.53. The van der Waals surface area contributed by atoms with E-state index in [-0.39, 0.29) is 5.41 Å². The van der Waals surface area contributed by atoms with Gasteiger partial charge >= 0.3 is 0 Å². The van der Waals surface area contributed by atoms with E-state index in [9.17, 15) is 8.42 Å². The summed E-state index contributed by atoms with van der Waals surface area (Å²) < 4.78 is 22.7. The summed E-state index contributed by atoms with van der Waals surface area (Å²) in [5.41, 5.74) is 5.20. The Labute approximate surface area is 73.9 Å². The van der Waals surface area contributed by atoms with Crippen molar-refractivity contribution in [2.24, 2.45) is 16.3 Å². The first-order valence-electron chi connectivity index (χ1n) is 3.63. The molecular formula is C6H17N3O2S. The zero-order chi connectivity index (χ0) is 9.99. The second-order valence-corrected chi connectivity index (χ2v) is 5.32. The van der Waals surface area contributed by atoms with Crippen LogP contribution in [0.2, 0.25) is 0 Å². The summed E-state index contributed by atoms with van der Waals surface area (Å²) in [5, 5.41) is 4.90. The van der Waals surface area contributed by atoms with Crippen LogP contribution in [0.3, 0.4) is 0 Å². The lowest BCUT2D eigenvalue weighted by Gasteiger charge is -2.26. The minimum atomic E-state index is -3.57. The Morgan fingerprint density at radius 3 is 2.08 bits per heavy atom. The SMILES string of the molecule is CN(CC(C)(C)CN)S(N)(=O)=O. The van der Waals surface area contributed by atoms with Crippen LogP contribution < -0.4 is 10.9 Å². The van der Waals surface area contributed by atoms with Crippen LogP contribution in [-0.2, 0) is 10.2 Å². The molecule has 4 N–H and O–H groups in total. The van der Waals surface area contributed by atoms with Crippen molar-refractivity contribution in [3.63, 3.8) is 0 Å². The molecule has 0 saturated heterocycles. The molecular weight excluding hydrogens is 178 g/mol. The third kappa shape index (κ3) is 4.01. The van der Waals surface area contributed by atoms with E-state index >= 15 is 0 Å². The van der Waals surface area contributed by atoms with Gasteiger partial charge in [-0.05, 0) is 12.0 Å². The average Bonchev–Trinajstić information content (AvgIpc) is 1.85. The van der Waals surface area contributed by atoms with Crippen LogP contribution in [0.15, 0.2) is 0 Å². The molecule has 0 atom stereocenters. The lowest BCUT2D eigenvalue weighted by Crippen LogP contribution is -2.42. The number of hydrogen-bond donors (Lipinski definition) is 2. The van der Waals surface area contributed by atoms with Crippen LogP contribution in [0.25, 0.3) is 0 Å². The fraction of sp³-hybridized carbons (Fsp3) is 1.00. The van der Waals surface area contributed by atoms with Gasteiger partial charge < -0.3 is 5.73 Å². The van der Waals surface area contributed by atoms with Crippen molar-refractivity contribution < 1.29 is 8.42 Å². The highest BCUT2D eigenvalue weighted by molar-refractivity contribution is 7.86. The van der Waals surface area contributed by atoms with Crippen LogP contribution in [0.1, 0.15) is 13.8 Å². The molecule has 0 aliphatic heterocycles. The fourth-order valence-corrected chi connectivity index (χ4v) is 1.29. The van der Waals surface area contributed by atoms with Crippen molar-refractivity contribution in [3.05, 3.63) is 0 Å². The van der Waals surface area contributed by atoms with Crippen LogP contribution in [0.4, 0.5) is 0 Å². The quantitative estimate of drug-likeness (QED) is 0.609. The average molecular weight is 195 g/mol. The Balaban J connectivity index is 4.29. The third-order valence-corrected chi connectivity index (χ3v) is 2.64. The van der Waals surface area contributed by atoms with Gasteiger partial charge in [-0.2, -0.15) is 12.7 Å². The molecule has 6 heteroatoms. The Hall–Kier alpha value is -0.170. The molecule has 0 amide bonds. The lowest BCUT2D eigenvalue weighted by atomic mass is 9.94. The maximum absolute atomic E-state index is 10.8. The van der Waals surface area contributed by atoms with Gasteiger partial charge in [0.05, 0.1) is 0 Å². The maximum atomic E-state index is 10.8. The summed E-state index contributed by atoms with van der Waals surface area (Å²) in [5.74, 6) is 0. The molecule has 0 aliphatic carbocycles. The Bertz CT molecular complexity index is 235. The Kier molecular flexibility index (Phi) is 3.64. The highest BCUT2D eigenvalue weighted by Crippen LogP contribution is 2.14. The minimum absolute atomic E-state index is 0.235. The van der Waals surface area contributed by atoms with Gasteiger partial charge in [0.2, 0.25) is 0 Å². The van der Waals surface area contributed by atoms with Crippen molar-refractivity contribution >= 4 is 10.2 Å². The highest BCUT2D eigenvalue weighted by atomic mass is 32.2. The fourth-order valence-electron chi connectivity index (χ4n) is 0.757. The van der Waals surface area contributed by atoms with E-state index in [0.717, 1.165) is 4.31 Å². The minimum Gasteiger partial charge on any atom is -0.330 e. The van der Waals surface area contributed by atoms with E-state index < -0.39 is 10.2 Å². The standard InChI is InChI=1S/C6H17N3O2S/c1-6(2,4-7)5-9(3)12(8,10)11/h4-5,7H2,1-3H3,(H2,8,10,11). The molecule has 0 aliphatic rings. The molecule has 5 nitrogen and oxygen atoms in total. The van der Waals surface area contributed by atoms with Gasteiger partial charge in [-0.25, -0.2) is 5.14 Å². The first-order valence-corrected chi connectivity index (χ1v) is 5.13. The highest BCUT2D eigenvalue weighted by Gasteiger charge is 2.22. The predicted molar refractivity (Wildman–Crippen MR) is 48.6 cm³/mol. The van der Waals surface area contributed by atoms with Crippen LogP contribution in [-0.4, -0.2) is 32.9 Å². The molecule has 0 aromatic rings. The Morgan fingerprint density at radius 1 is 1.42 bits per heavy atom. The largest absolute Gasteiger partial charge is 0.330 e. The molecule has 0 radical (unpaired) electrons. The summed E-state index contributed by atoms with van der Waals surface area (Å²) in [7, 11) is -2.13. The summed E-state index contributed by atoms with van der Waals surface area (Å²) in [4.78, 5) is 0. The molecule has 0 aromatic heterocycles. The number of rotatable bonds is 4. The molecule has 0 bridgehead atoms. The summed E-state index contributed by atoms with van der Waals surface area (Å²) in [6.07, 6.45) is 0.